The fourth-order valence-electron chi connectivity index (χ4n) is 0.263. The molecule has 0 rings (SSSR count). The molecule has 0 radical (unpaired) electrons. The van der Waals surface area contributed by atoms with Crippen molar-refractivity contribution < 1.29 is 19.8 Å². The Hall–Kier alpha value is 0.671. The number of rotatable bonds is 3. The van der Waals surface area contributed by atoms with E-state index in [0.717, 1.165) is 0 Å². The summed E-state index contributed by atoms with van der Waals surface area (Å²) < 4.78 is 0. The number of carbonyl (C=O) groups is 2. The first-order chi connectivity index (χ1) is 4.04. The number of carboxylic acids is 2. The van der Waals surface area contributed by atoms with Gasteiger partial charge in [0, 0.05) is 18.4 Å². The van der Waals surface area contributed by atoms with Gasteiger partial charge in [-0.25, -0.2) is 0 Å². The van der Waals surface area contributed by atoms with E-state index in [1.807, 2.05) is 0 Å². The summed E-state index contributed by atoms with van der Waals surface area (Å²) in [6.45, 7) is 0. The van der Waals surface area contributed by atoms with Crippen LogP contribution in [-0.2, 0) is 9.59 Å². The summed E-state index contributed by atoms with van der Waals surface area (Å²) in [6.07, 6.45) is -0.706. The van der Waals surface area contributed by atoms with E-state index in [9.17, 15) is 19.8 Å². The van der Waals surface area contributed by atoms with Crippen LogP contribution >= 0.6 is 12.4 Å². The average molecular weight is 255 g/mol. The Morgan fingerprint density at radius 2 is 1.73 bits per heavy atom. The van der Waals surface area contributed by atoms with E-state index < -0.39 is 24.4 Å². The molecule has 0 spiro atoms. The van der Waals surface area contributed by atoms with Crippen molar-refractivity contribution in [1.29, 1.82) is 0 Å². The molecule has 0 aliphatic carbocycles. The van der Waals surface area contributed by atoms with Gasteiger partial charge in [0.2, 0.25) is 0 Å². The van der Waals surface area contributed by atoms with Crippen molar-refractivity contribution in [3.8, 4) is 0 Å². The Balaban J connectivity index is -0.000000320. The summed E-state index contributed by atoms with van der Waals surface area (Å²) in [5, 5.41) is 19.3. The minimum Gasteiger partial charge on any atom is -0.550 e. The van der Waals surface area contributed by atoms with E-state index in [2.05, 4.69) is 0 Å². The molecule has 0 bridgehead atoms. The number of aliphatic carboxylic acids is 2. The molecule has 0 saturated heterocycles. The molecule has 0 aromatic heterocycles. The summed E-state index contributed by atoms with van der Waals surface area (Å²) in [5.41, 5.74) is 4.73. The standard InChI is InChI=1S/C4H7NO4.ClH.Sr/c5-2(4(8)9)1-3(6)7;;/h2H,1,5H2,(H,6,7)(H,8,9);1H;/q;;+2/p-2/t2-;;/m0../s1. The quantitative estimate of drug-likeness (QED) is 0.521. The summed E-state index contributed by atoms with van der Waals surface area (Å²) in [6, 6.07) is -1.46. The van der Waals surface area contributed by atoms with Gasteiger partial charge >= 0.3 is 45.5 Å². The molecular weight excluding hydrogens is 249 g/mol. The number of hydrogen-bond donors (Lipinski definition) is 1. The van der Waals surface area contributed by atoms with E-state index in [1.54, 1.807) is 0 Å². The monoisotopic (exact) mass is 255 g/mol. The van der Waals surface area contributed by atoms with Gasteiger partial charge in [-0.15, -0.1) is 12.4 Å². The molecule has 2 N–H and O–H groups in total. The fourth-order valence-corrected chi connectivity index (χ4v) is 0.263. The van der Waals surface area contributed by atoms with Gasteiger partial charge in [-0.05, 0) is 0 Å². The Kier molecular flexibility index (Phi) is 14.1. The number of carbonyl (C=O) groups excluding carboxylic acids is 2. The zero-order valence-electron chi connectivity index (χ0n) is 5.61. The van der Waals surface area contributed by atoms with Gasteiger partial charge in [0.25, 0.3) is 0 Å². The third kappa shape index (κ3) is 10.7. The zero-order valence-corrected chi connectivity index (χ0v) is 9.90. The molecule has 7 heteroatoms. The van der Waals surface area contributed by atoms with Crippen LogP contribution in [0, 0.1) is 0 Å². The molecular formula is C4H6ClNO4Sr. The second-order valence-electron chi connectivity index (χ2n) is 1.50. The third-order valence-electron chi connectivity index (χ3n) is 0.689. The van der Waals surface area contributed by atoms with Gasteiger partial charge in [0.15, 0.2) is 0 Å². The molecule has 0 amide bonds. The molecule has 1 atom stereocenters. The second kappa shape index (κ2) is 8.76. The third-order valence-corrected chi connectivity index (χ3v) is 0.689. The van der Waals surface area contributed by atoms with Crippen molar-refractivity contribution >= 4 is 69.8 Å². The number of halogens is 1. The molecule has 0 aromatic rings. The van der Waals surface area contributed by atoms with Crippen molar-refractivity contribution in [2.24, 2.45) is 5.73 Å². The van der Waals surface area contributed by atoms with Crippen LogP contribution < -0.4 is 15.9 Å². The van der Waals surface area contributed by atoms with Crippen LogP contribution in [0.2, 0.25) is 0 Å². The average Bonchev–Trinajstić information content (AvgIpc) is 1.63. The molecule has 0 unspecified atom stereocenters. The van der Waals surface area contributed by atoms with E-state index in [1.165, 1.54) is 0 Å². The van der Waals surface area contributed by atoms with Crippen molar-refractivity contribution in [3.63, 3.8) is 0 Å². The minimum atomic E-state index is -1.58. The predicted octanol–water partition coefficient (Wildman–Crippen LogP) is -3.76. The van der Waals surface area contributed by atoms with Gasteiger partial charge in [-0.3, -0.25) is 0 Å². The van der Waals surface area contributed by atoms with E-state index in [0.29, 0.717) is 0 Å². The molecule has 11 heavy (non-hydrogen) atoms. The molecule has 0 heterocycles. The van der Waals surface area contributed by atoms with Crippen LogP contribution in [0.25, 0.3) is 0 Å². The SMILES string of the molecule is Cl.N[C@@H](CC(=O)[O-])C(=O)[O-].[Sr+2]. The largest absolute Gasteiger partial charge is 2.00 e. The Morgan fingerprint density at radius 3 is 1.82 bits per heavy atom. The fraction of sp³-hybridized carbons (Fsp3) is 0.500. The van der Waals surface area contributed by atoms with E-state index in [-0.39, 0.29) is 57.9 Å². The topological polar surface area (TPSA) is 106 Å². The molecule has 0 aliphatic heterocycles. The molecule has 60 valence electrons. The van der Waals surface area contributed by atoms with Crippen LogP contribution in [-0.4, -0.2) is 63.5 Å². The van der Waals surface area contributed by atoms with Crippen LogP contribution in [0.3, 0.4) is 0 Å². The summed E-state index contributed by atoms with van der Waals surface area (Å²) in [4.78, 5) is 19.3. The maximum atomic E-state index is 9.71. The van der Waals surface area contributed by atoms with Crippen molar-refractivity contribution in [3.05, 3.63) is 0 Å². The first kappa shape index (κ1) is 17.7. The van der Waals surface area contributed by atoms with E-state index in [4.69, 9.17) is 5.73 Å². The van der Waals surface area contributed by atoms with Crippen molar-refractivity contribution in [1.82, 2.24) is 0 Å². The van der Waals surface area contributed by atoms with Crippen LogP contribution in [0.15, 0.2) is 0 Å². The second-order valence-corrected chi connectivity index (χ2v) is 1.50. The smallest absolute Gasteiger partial charge is 0.550 e. The Bertz CT molecular complexity index is 142. The van der Waals surface area contributed by atoms with Crippen molar-refractivity contribution in [2.75, 3.05) is 0 Å². The normalized spacial score (nSPS) is 10.3. The van der Waals surface area contributed by atoms with Gasteiger partial charge < -0.3 is 25.5 Å². The molecule has 5 nitrogen and oxygen atoms in total. The number of nitrogens with two attached hydrogens (primary N) is 1. The number of carboxylic acid groups (broad SMARTS) is 2. The van der Waals surface area contributed by atoms with Gasteiger partial charge in [-0.2, -0.15) is 0 Å². The minimum absolute atomic E-state index is 0. The molecule has 0 aliphatic rings. The molecule has 0 saturated carbocycles. The first-order valence-corrected chi connectivity index (χ1v) is 2.20. The van der Waals surface area contributed by atoms with E-state index >= 15 is 0 Å². The summed E-state index contributed by atoms with van der Waals surface area (Å²) in [7, 11) is 0. The van der Waals surface area contributed by atoms with Crippen LogP contribution in [0.4, 0.5) is 0 Å². The van der Waals surface area contributed by atoms with Crippen LogP contribution in [0.5, 0.6) is 0 Å². The summed E-state index contributed by atoms with van der Waals surface area (Å²) >= 11 is 0. The first-order valence-electron chi connectivity index (χ1n) is 2.20. The Morgan fingerprint density at radius 1 is 1.36 bits per heavy atom. The zero-order chi connectivity index (χ0) is 7.44. The van der Waals surface area contributed by atoms with Crippen LogP contribution in [0.1, 0.15) is 6.42 Å². The predicted molar refractivity (Wildman–Crippen MR) is 35.6 cm³/mol. The van der Waals surface area contributed by atoms with Gasteiger partial charge in [0.1, 0.15) is 0 Å². The Labute approximate surface area is 107 Å². The van der Waals surface area contributed by atoms with Gasteiger partial charge in [-0.1, -0.05) is 0 Å². The maximum Gasteiger partial charge on any atom is 2.00 e. The number of hydrogen-bond acceptors (Lipinski definition) is 5. The van der Waals surface area contributed by atoms with Gasteiger partial charge in [0.05, 0.1) is 5.97 Å². The van der Waals surface area contributed by atoms with Crippen molar-refractivity contribution in [2.45, 2.75) is 12.5 Å². The summed E-state index contributed by atoms with van der Waals surface area (Å²) in [5.74, 6) is -3.08. The molecule has 0 fully saturated rings. The molecule has 0 aromatic carbocycles. The maximum absolute atomic E-state index is 9.71.